The number of ether oxygens (including phenoxy) is 2. The summed E-state index contributed by atoms with van der Waals surface area (Å²) in [6.45, 7) is 5.76. The van der Waals surface area contributed by atoms with Crippen LogP contribution in [0.15, 0.2) is 0 Å². The molecule has 0 saturated carbocycles. The molecule has 0 spiro atoms. The maximum Gasteiger partial charge on any atom is 0.300 e. The molecule has 1 atom stereocenters. The molecule has 1 heterocycles. The van der Waals surface area contributed by atoms with Gasteiger partial charge in [-0.25, -0.2) is 0 Å². The van der Waals surface area contributed by atoms with E-state index in [0.717, 1.165) is 0 Å². The van der Waals surface area contributed by atoms with Gasteiger partial charge in [-0.2, -0.15) is 0 Å². The molecule has 0 aromatic rings. The summed E-state index contributed by atoms with van der Waals surface area (Å²) in [7, 11) is 0. The van der Waals surface area contributed by atoms with E-state index in [4.69, 9.17) is 29.2 Å². The van der Waals surface area contributed by atoms with Crippen LogP contribution in [0.1, 0.15) is 12.8 Å². The third-order valence-electron chi connectivity index (χ3n) is 1.67. The van der Waals surface area contributed by atoms with E-state index in [1.54, 1.807) is 0 Å². The highest BCUT2D eigenvalue weighted by Crippen LogP contribution is 2.24. The van der Waals surface area contributed by atoms with Crippen molar-refractivity contribution in [3.63, 3.8) is 0 Å². The zero-order valence-electron chi connectivity index (χ0n) is 6.75. The average molecular weight is 162 g/mol. The highest BCUT2D eigenvalue weighted by molar-refractivity contribution is 5.21. The summed E-state index contributed by atoms with van der Waals surface area (Å²) in [5, 5.41) is 0. The van der Waals surface area contributed by atoms with Crippen molar-refractivity contribution in [2.45, 2.75) is 24.7 Å². The van der Waals surface area contributed by atoms with E-state index in [-0.39, 0.29) is 6.10 Å². The van der Waals surface area contributed by atoms with Gasteiger partial charge in [-0.15, -0.1) is 12.8 Å². The quantitative estimate of drug-likeness (QED) is 0.560. The molecule has 12 heavy (non-hydrogen) atoms. The van der Waals surface area contributed by atoms with E-state index in [9.17, 15) is 0 Å². The van der Waals surface area contributed by atoms with Gasteiger partial charge in [0.05, 0.1) is 12.7 Å². The van der Waals surface area contributed by atoms with Crippen molar-refractivity contribution in [1.82, 2.24) is 0 Å². The fraction of sp³-hybridized carbons (Fsp3) is 0.500. The van der Waals surface area contributed by atoms with Gasteiger partial charge in [-0.3, -0.25) is 0 Å². The van der Waals surface area contributed by atoms with Gasteiger partial charge < -0.3 is 9.47 Å². The molecule has 1 aliphatic rings. The lowest BCUT2D eigenvalue weighted by atomic mass is 10.2. The van der Waals surface area contributed by atoms with Crippen molar-refractivity contribution in [3.8, 4) is 24.7 Å². The number of terminal acetylenes is 2. The van der Waals surface area contributed by atoms with Crippen LogP contribution in [0.4, 0.5) is 0 Å². The summed E-state index contributed by atoms with van der Waals surface area (Å²) in [5.41, 5.74) is 0. The molecule has 1 unspecified atom stereocenters. The molecule has 0 bridgehead atoms. The fourth-order valence-corrected chi connectivity index (χ4v) is 1.03. The first-order valence-electron chi connectivity index (χ1n) is 3.73. The Morgan fingerprint density at radius 1 is 1.42 bits per heavy atom. The molecule has 1 rings (SSSR count). The topological polar surface area (TPSA) is 18.5 Å². The van der Waals surface area contributed by atoms with Crippen LogP contribution in [0.5, 0.6) is 0 Å². The van der Waals surface area contributed by atoms with Crippen LogP contribution in [0.25, 0.3) is 0 Å². The van der Waals surface area contributed by atoms with Crippen molar-refractivity contribution >= 4 is 0 Å². The van der Waals surface area contributed by atoms with E-state index >= 15 is 0 Å². The van der Waals surface area contributed by atoms with Gasteiger partial charge in [0, 0.05) is 0 Å². The average Bonchev–Trinajstić information content (AvgIpc) is 2.50. The van der Waals surface area contributed by atoms with E-state index in [2.05, 4.69) is 11.8 Å². The van der Waals surface area contributed by atoms with Gasteiger partial charge in [-0.1, -0.05) is 0 Å². The number of hydrogen-bond acceptors (Lipinski definition) is 2. The Balaban J connectivity index is 2.56. The van der Waals surface area contributed by atoms with Gasteiger partial charge in [0.1, 0.15) is 0 Å². The molecule has 0 aromatic carbocycles. The van der Waals surface area contributed by atoms with Crippen molar-refractivity contribution in [3.05, 3.63) is 6.92 Å². The molecule has 1 fully saturated rings. The largest absolute Gasteiger partial charge is 0.327 e. The predicted molar refractivity (Wildman–Crippen MR) is 44.8 cm³/mol. The molecule has 2 heteroatoms. The van der Waals surface area contributed by atoms with E-state index < -0.39 is 5.79 Å². The normalized spacial score (nSPS) is 26.1. The first kappa shape index (κ1) is 9.13. The minimum atomic E-state index is -1.25. The molecule has 2 radical (unpaired) electrons. The van der Waals surface area contributed by atoms with Crippen LogP contribution >= 0.6 is 0 Å². The molecule has 0 aliphatic carbocycles. The molecular weight excluding hydrogens is 152 g/mol. The van der Waals surface area contributed by atoms with Crippen molar-refractivity contribution in [1.29, 1.82) is 0 Å². The molecule has 0 amide bonds. The summed E-state index contributed by atoms with van der Waals surface area (Å²) >= 11 is 0. The summed E-state index contributed by atoms with van der Waals surface area (Å²) in [4.78, 5) is 0. The Hall–Kier alpha value is -0.960. The minimum Gasteiger partial charge on any atom is -0.327 e. The Kier molecular flexibility index (Phi) is 2.76. The van der Waals surface area contributed by atoms with Gasteiger partial charge >= 0.3 is 5.79 Å². The third kappa shape index (κ3) is 1.61. The molecule has 0 N–H and O–H groups in total. The second-order valence-electron chi connectivity index (χ2n) is 2.53. The molecule has 0 aromatic heterocycles. The van der Waals surface area contributed by atoms with Crippen LogP contribution < -0.4 is 0 Å². The van der Waals surface area contributed by atoms with Crippen LogP contribution in [0.3, 0.4) is 0 Å². The summed E-state index contributed by atoms with van der Waals surface area (Å²) in [5.74, 6) is 3.34. The molecule has 1 saturated heterocycles. The van der Waals surface area contributed by atoms with Crippen molar-refractivity contribution < 1.29 is 9.47 Å². The van der Waals surface area contributed by atoms with Gasteiger partial charge in [0.15, 0.2) is 0 Å². The zero-order chi connectivity index (χ0) is 9.03. The highest BCUT2D eigenvalue weighted by Gasteiger charge is 2.37. The van der Waals surface area contributed by atoms with Crippen molar-refractivity contribution in [2.75, 3.05) is 6.61 Å². The van der Waals surface area contributed by atoms with Crippen LogP contribution in [0.2, 0.25) is 0 Å². The van der Waals surface area contributed by atoms with E-state index in [0.29, 0.717) is 19.4 Å². The van der Waals surface area contributed by atoms with Gasteiger partial charge in [-0.05, 0) is 31.6 Å². The zero-order valence-corrected chi connectivity index (χ0v) is 6.75. The standard InChI is InChI=1S/C10H10O2/c1-4-7-9-8-11-10(5-2,6-3)12-9/h1-3,9H,4,7-8H2. The first-order chi connectivity index (χ1) is 5.76. The molecule has 1 aliphatic heterocycles. The Morgan fingerprint density at radius 2 is 2.08 bits per heavy atom. The summed E-state index contributed by atoms with van der Waals surface area (Å²) < 4.78 is 10.5. The van der Waals surface area contributed by atoms with Crippen molar-refractivity contribution in [2.24, 2.45) is 0 Å². The molecule has 62 valence electrons. The van der Waals surface area contributed by atoms with Crippen LogP contribution in [-0.4, -0.2) is 18.5 Å². The monoisotopic (exact) mass is 162 g/mol. The smallest absolute Gasteiger partial charge is 0.300 e. The lowest BCUT2D eigenvalue weighted by Gasteiger charge is -2.14. The number of rotatable bonds is 2. The van der Waals surface area contributed by atoms with Crippen LogP contribution in [0, 0.1) is 31.6 Å². The Morgan fingerprint density at radius 3 is 2.50 bits per heavy atom. The number of hydrogen-bond donors (Lipinski definition) is 0. The Labute approximate surface area is 73.2 Å². The van der Waals surface area contributed by atoms with Gasteiger partial charge in [0.2, 0.25) is 0 Å². The summed E-state index contributed by atoms with van der Waals surface area (Å²) in [6, 6.07) is 0. The lowest BCUT2D eigenvalue weighted by molar-refractivity contribution is -0.0732. The maximum atomic E-state index is 5.34. The minimum absolute atomic E-state index is 0.0675. The van der Waals surface area contributed by atoms with Crippen LogP contribution in [-0.2, 0) is 9.47 Å². The van der Waals surface area contributed by atoms with Gasteiger partial charge in [0.25, 0.3) is 0 Å². The third-order valence-corrected chi connectivity index (χ3v) is 1.67. The predicted octanol–water partition coefficient (Wildman–Crippen LogP) is 0.856. The lowest BCUT2D eigenvalue weighted by Crippen LogP contribution is -2.26. The Bertz CT molecular complexity index is 217. The maximum absolute atomic E-state index is 5.34. The summed E-state index contributed by atoms with van der Waals surface area (Å²) in [6.07, 6.45) is 11.5. The second-order valence-corrected chi connectivity index (χ2v) is 2.53. The molecule has 2 nitrogen and oxygen atoms in total. The van der Waals surface area contributed by atoms with E-state index in [1.165, 1.54) is 0 Å². The fourth-order valence-electron chi connectivity index (χ4n) is 1.03. The second kappa shape index (κ2) is 3.63. The first-order valence-corrected chi connectivity index (χ1v) is 3.73. The van der Waals surface area contributed by atoms with E-state index in [1.807, 2.05) is 0 Å². The molecular formula is C10H10O2. The highest BCUT2D eigenvalue weighted by atomic mass is 16.7. The SMILES string of the molecule is [CH]CCC1COC(C#C)(C#C)O1.